The summed E-state index contributed by atoms with van der Waals surface area (Å²) < 4.78 is 5.04. The fourth-order valence-electron chi connectivity index (χ4n) is 5.64. The molecule has 0 aromatic rings. The molecule has 8 nitrogen and oxygen atoms in total. The lowest BCUT2D eigenvalue weighted by Gasteiger charge is -2.43. The van der Waals surface area contributed by atoms with Crippen LogP contribution in [0.2, 0.25) is 0 Å². The molecular weight excluding hydrogens is 386 g/mol. The van der Waals surface area contributed by atoms with Gasteiger partial charge in [-0.15, -0.1) is 0 Å². The van der Waals surface area contributed by atoms with E-state index in [2.05, 4.69) is 38.3 Å². The van der Waals surface area contributed by atoms with Crippen LogP contribution in [0.1, 0.15) is 72.6 Å². The summed E-state index contributed by atoms with van der Waals surface area (Å²) in [7, 11) is 0. The average molecular weight is 422 g/mol. The van der Waals surface area contributed by atoms with Crippen LogP contribution in [0, 0.1) is 17.3 Å². The van der Waals surface area contributed by atoms with E-state index >= 15 is 0 Å². The van der Waals surface area contributed by atoms with E-state index in [1.807, 2.05) is 0 Å². The van der Waals surface area contributed by atoms with Gasteiger partial charge >= 0.3 is 12.0 Å². The second-order valence-corrected chi connectivity index (χ2v) is 10.4. The largest absolute Gasteiger partial charge is 0.454 e. The molecule has 8 heteroatoms. The monoisotopic (exact) mass is 421 g/mol. The first-order valence-electron chi connectivity index (χ1n) is 11.1. The Bertz CT molecular complexity index is 714. The Balaban J connectivity index is 1.50. The smallest absolute Gasteiger partial charge is 0.326 e. The Hall–Kier alpha value is -2.12. The van der Waals surface area contributed by atoms with Crippen LogP contribution in [0.5, 0.6) is 0 Å². The SMILES string of the molecule is CC1CCC(NC(=O)COC(=O)CN2C(=O)N[C@@]3(C[C@@H](C)CC(C)(C)C3)C2=O)CC1. The molecule has 3 rings (SSSR count). The predicted octanol–water partition coefficient (Wildman–Crippen LogP) is 2.36. The molecule has 1 spiro atoms. The number of imide groups is 1. The first-order chi connectivity index (χ1) is 14.0. The van der Waals surface area contributed by atoms with Crippen molar-refractivity contribution >= 4 is 23.8 Å². The maximum absolute atomic E-state index is 13.0. The number of carbonyl (C=O) groups excluding carboxylic acids is 4. The molecule has 3 aliphatic rings. The minimum Gasteiger partial charge on any atom is -0.454 e. The lowest BCUT2D eigenvalue weighted by atomic mass is 9.64. The number of hydrogen-bond donors (Lipinski definition) is 2. The van der Waals surface area contributed by atoms with Gasteiger partial charge in [0.15, 0.2) is 6.61 Å². The lowest BCUT2D eigenvalue weighted by Crippen LogP contribution is -2.54. The van der Waals surface area contributed by atoms with Crippen LogP contribution in [0.4, 0.5) is 4.79 Å². The summed E-state index contributed by atoms with van der Waals surface area (Å²) in [5, 5.41) is 5.72. The first kappa shape index (κ1) is 22.6. The van der Waals surface area contributed by atoms with Crippen molar-refractivity contribution in [2.24, 2.45) is 17.3 Å². The van der Waals surface area contributed by atoms with E-state index in [9.17, 15) is 19.2 Å². The van der Waals surface area contributed by atoms with Crippen LogP contribution in [0.25, 0.3) is 0 Å². The van der Waals surface area contributed by atoms with Crippen LogP contribution in [0.3, 0.4) is 0 Å². The van der Waals surface area contributed by atoms with Crippen LogP contribution >= 0.6 is 0 Å². The van der Waals surface area contributed by atoms with Gasteiger partial charge in [-0.2, -0.15) is 0 Å². The number of esters is 1. The van der Waals surface area contributed by atoms with Gasteiger partial charge in [-0.05, 0) is 62.2 Å². The van der Waals surface area contributed by atoms with Crippen LogP contribution < -0.4 is 10.6 Å². The third-order valence-corrected chi connectivity index (χ3v) is 6.66. The number of amides is 4. The third-order valence-electron chi connectivity index (χ3n) is 6.66. The molecule has 2 saturated carbocycles. The number of nitrogens with zero attached hydrogens (tertiary/aromatic N) is 1. The van der Waals surface area contributed by atoms with Crippen molar-refractivity contribution in [1.82, 2.24) is 15.5 Å². The number of nitrogens with one attached hydrogen (secondary N) is 2. The summed E-state index contributed by atoms with van der Waals surface area (Å²) in [5.41, 5.74) is -1.03. The summed E-state index contributed by atoms with van der Waals surface area (Å²) in [6.45, 7) is 7.58. The van der Waals surface area contributed by atoms with Gasteiger partial charge in [-0.1, -0.05) is 27.7 Å². The number of hydrogen-bond acceptors (Lipinski definition) is 5. The minimum atomic E-state index is -0.950. The summed E-state index contributed by atoms with van der Waals surface area (Å²) in [6.07, 6.45) is 6.11. The third kappa shape index (κ3) is 5.13. The zero-order valence-corrected chi connectivity index (χ0v) is 18.6. The summed E-state index contributed by atoms with van der Waals surface area (Å²) in [6, 6.07) is -0.447. The van der Waals surface area contributed by atoms with Gasteiger partial charge < -0.3 is 15.4 Å². The average Bonchev–Trinajstić information content (AvgIpc) is 2.83. The molecule has 0 radical (unpaired) electrons. The van der Waals surface area contributed by atoms with Crippen LogP contribution in [-0.2, 0) is 19.1 Å². The van der Waals surface area contributed by atoms with E-state index in [1.54, 1.807) is 0 Å². The second-order valence-electron chi connectivity index (χ2n) is 10.4. The zero-order valence-electron chi connectivity index (χ0n) is 18.6. The Kier molecular flexibility index (Phi) is 6.43. The summed E-state index contributed by atoms with van der Waals surface area (Å²) in [5.74, 6) is -0.507. The minimum absolute atomic E-state index is 0.0773. The van der Waals surface area contributed by atoms with Gasteiger partial charge in [-0.3, -0.25) is 19.3 Å². The van der Waals surface area contributed by atoms with Crippen molar-refractivity contribution in [3.05, 3.63) is 0 Å². The number of ether oxygens (including phenoxy) is 1. The van der Waals surface area contributed by atoms with Gasteiger partial charge in [0, 0.05) is 6.04 Å². The van der Waals surface area contributed by atoms with Gasteiger partial charge in [0.2, 0.25) is 0 Å². The quantitative estimate of drug-likeness (QED) is 0.524. The molecule has 1 saturated heterocycles. The van der Waals surface area contributed by atoms with Crippen molar-refractivity contribution in [1.29, 1.82) is 0 Å². The fourth-order valence-corrected chi connectivity index (χ4v) is 5.64. The van der Waals surface area contributed by atoms with Crippen molar-refractivity contribution in [3.8, 4) is 0 Å². The zero-order chi connectivity index (χ0) is 22.1. The molecule has 4 amide bonds. The number of carbonyl (C=O) groups is 4. The summed E-state index contributed by atoms with van der Waals surface area (Å²) in [4.78, 5) is 50.7. The molecule has 2 N–H and O–H groups in total. The van der Waals surface area contributed by atoms with Crippen molar-refractivity contribution < 1.29 is 23.9 Å². The maximum atomic E-state index is 13.0. The molecule has 0 unspecified atom stereocenters. The highest BCUT2D eigenvalue weighted by Crippen LogP contribution is 2.46. The second kappa shape index (κ2) is 8.55. The van der Waals surface area contributed by atoms with Gasteiger partial charge in [0.1, 0.15) is 12.1 Å². The van der Waals surface area contributed by atoms with Crippen LogP contribution in [0.15, 0.2) is 0 Å². The molecule has 168 valence electrons. The molecule has 0 bridgehead atoms. The van der Waals surface area contributed by atoms with Gasteiger partial charge in [0.25, 0.3) is 11.8 Å². The maximum Gasteiger partial charge on any atom is 0.326 e. The van der Waals surface area contributed by atoms with Crippen molar-refractivity contribution in [2.45, 2.75) is 84.2 Å². The van der Waals surface area contributed by atoms with E-state index in [0.29, 0.717) is 18.8 Å². The van der Waals surface area contributed by atoms with E-state index in [1.165, 1.54) is 0 Å². The number of urea groups is 1. The normalized spacial score (nSPS) is 33.3. The molecule has 0 aromatic heterocycles. The molecule has 0 aromatic carbocycles. The predicted molar refractivity (Wildman–Crippen MR) is 110 cm³/mol. The molecule has 1 aliphatic heterocycles. The van der Waals surface area contributed by atoms with Crippen molar-refractivity contribution in [3.63, 3.8) is 0 Å². The molecule has 2 aliphatic carbocycles. The Labute approximate surface area is 178 Å². The van der Waals surface area contributed by atoms with Crippen molar-refractivity contribution in [2.75, 3.05) is 13.2 Å². The lowest BCUT2D eigenvalue weighted by molar-refractivity contribution is -0.151. The topological polar surface area (TPSA) is 105 Å². The van der Waals surface area contributed by atoms with E-state index in [0.717, 1.165) is 37.0 Å². The van der Waals surface area contributed by atoms with Crippen LogP contribution in [-0.4, -0.2) is 53.4 Å². The molecule has 1 heterocycles. The molecular formula is C22H35N3O5. The Morgan fingerprint density at radius 2 is 1.77 bits per heavy atom. The molecule has 2 atom stereocenters. The molecule has 3 fully saturated rings. The van der Waals surface area contributed by atoms with Gasteiger partial charge in [-0.25, -0.2) is 4.79 Å². The van der Waals surface area contributed by atoms with Gasteiger partial charge in [0.05, 0.1) is 0 Å². The Morgan fingerprint density at radius 1 is 1.10 bits per heavy atom. The highest BCUT2D eigenvalue weighted by molar-refractivity contribution is 6.08. The highest BCUT2D eigenvalue weighted by Gasteiger charge is 2.56. The Morgan fingerprint density at radius 3 is 2.40 bits per heavy atom. The molecule has 30 heavy (non-hydrogen) atoms. The fraction of sp³-hybridized carbons (Fsp3) is 0.818. The summed E-state index contributed by atoms with van der Waals surface area (Å²) >= 11 is 0. The standard InChI is InChI=1S/C22H35N3O5/c1-14-5-7-16(8-6-14)23-17(26)12-30-18(27)11-25-19(28)22(24-20(25)29)10-15(2)9-21(3,4)13-22/h14-16H,5-13H2,1-4H3,(H,23,26)(H,24,29)/t14?,15-,16?,22+/m0/s1. The van der Waals surface area contributed by atoms with E-state index in [-0.39, 0.29) is 29.2 Å². The number of rotatable bonds is 5. The highest BCUT2D eigenvalue weighted by atomic mass is 16.5. The van der Waals surface area contributed by atoms with E-state index in [4.69, 9.17) is 4.74 Å². The first-order valence-corrected chi connectivity index (χ1v) is 11.1. The van der Waals surface area contributed by atoms with E-state index < -0.39 is 30.7 Å².